The molecule has 1 unspecified atom stereocenters. The van der Waals surface area contributed by atoms with Gasteiger partial charge in [0.15, 0.2) is 11.9 Å². The number of oxime groups is 1. The van der Waals surface area contributed by atoms with Crippen molar-refractivity contribution in [3.05, 3.63) is 27.7 Å². The molecule has 0 bridgehead atoms. The maximum absolute atomic E-state index is 8.45. The van der Waals surface area contributed by atoms with Crippen molar-refractivity contribution in [2.75, 3.05) is 0 Å². The molecule has 1 atom stereocenters. The fraction of sp³-hybridized carbons (Fsp3) is 0.222. The normalized spacial score (nSPS) is 13.7. The van der Waals surface area contributed by atoms with Gasteiger partial charge in [-0.25, -0.2) is 0 Å². The van der Waals surface area contributed by atoms with Crippen molar-refractivity contribution in [1.82, 2.24) is 0 Å². The third-order valence-electron chi connectivity index (χ3n) is 1.73. The number of hydrogen-bond donors (Lipinski definition) is 2. The summed E-state index contributed by atoms with van der Waals surface area (Å²) in [5, 5.41) is 11.8. The number of hydrogen-bond acceptors (Lipinski definition) is 3. The van der Waals surface area contributed by atoms with Gasteiger partial charge >= 0.3 is 0 Å². The fourth-order valence-corrected chi connectivity index (χ4v) is 1.40. The molecule has 0 aromatic heterocycles. The van der Waals surface area contributed by atoms with Gasteiger partial charge in [0, 0.05) is 4.47 Å². The molecule has 82 valence electrons. The molecule has 15 heavy (non-hydrogen) atoms. The van der Waals surface area contributed by atoms with Crippen LogP contribution >= 0.6 is 27.5 Å². The molecule has 0 saturated heterocycles. The van der Waals surface area contributed by atoms with Crippen LogP contribution in [0.4, 0.5) is 0 Å². The lowest BCUT2D eigenvalue weighted by molar-refractivity contribution is 0.265. The van der Waals surface area contributed by atoms with Crippen LogP contribution in [-0.4, -0.2) is 17.1 Å². The van der Waals surface area contributed by atoms with E-state index >= 15 is 0 Å². The van der Waals surface area contributed by atoms with Gasteiger partial charge in [0.2, 0.25) is 0 Å². The average Bonchev–Trinajstić information content (AvgIpc) is 2.22. The maximum Gasteiger partial charge on any atom is 0.180 e. The van der Waals surface area contributed by atoms with Gasteiger partial charge in [-0.3, -0.25) is 0 Å². The van der Waals surface area contributed by atoms with Crippen molar-refractivity contribution < 1.29 is 9.94 Å². The molecular formula is C9H10BrClN2O2. The van der Waals surface area contributed by atoms with Crippen LogP contribution in [0.15, 0.2) is 27.8 Å². The summed E-state index contributed by atoms with van der Waals surface area (Å²) in [6.07, 6.45) is -0.540. The summed E-state index contributed by atoms with van der Waals surface area (Å²) >= 11 is 9.19. The Kier molecular flexibility index (Phi) is 4.23. The van der Waals surface area contributed by atoms with Gasteiger partial charge in [0.1, 0.15) is 5.75 Å². The number of ether oxygens (including phenoxy) is 1. The van der Waals surface area contributed by atoms with Gasteiger partial charge in [-0.15, -0.1) is 0 Å². The summed E-state index contributed by atoms with van der Waals surface area (Å²) in [5.74, 6) is 0.469. The molecule has 0 amide bonds. The Labute approximate surface area is 101 Å². The van der Waals surface area contributed by atoms with Crippen molar-refractivity contribution in [3.8, 4) is 5.75 Å². The van der Waals surface area contributed by atoms with E-state index in [-0.39, 0.29) is 5.84 Å². The molecule has 0 heterocycles. The fourth-order valence-electron chi connectivity index (χ4n) is 0.900. The quantitative estimate of drug-likeness (QED) is 0.389. The van der Waals surface area contributed by atoms with E-state index in [0.717, 1.165) is 4.47 Å². The predicted octanol–water partition coefficient (Wildman–Crippen LogP) is 2.62. The molecule has 0 aliphatic carbocycles. The minimum atomic E-state index is -0.540. The highest BCUT2D eigenvalue weighted by atomic mass is 79.9. The zero-order chi connectivity index (χ0) is 11.4. The van der Waals surface area contributed by atoms with Crippen molar-refractivity contribution >= 4 is 33.4 Å². The van der Waals surface area contributed by atoms with Gasteiger partial charge in [0.25, 0.3) is 0 Å². The first-order chi connectivity index (χ1) is 7.04. The Morgan fingerprint density at radius 3 is 2.93 bits per heavy atom. The summed E-state index contributed by atoms with van der Waals surface area (Å²) < 4.78 is 6.24. The van der Waals surface area contributed by atoms with Crippen LogP contribution in [0.5, 0.6) is 5.75 Å². The van der Waals surface area contributed by atoms with E-state index in [1.165, 1.54) is 0 Å². The number of rotatable bonds is 3. The largest absolute Gasteiger partial charge is 0.481 e. The lowest BCUT2D eigenvalue weighted by Gasteiger charge is -2.14. The van der Waals surface area contributed by atoms with Crippen LogP contribution in [0.3, 0.4) is 0 Å². The van der Waals surface area contributed by atoms with E-state index in [2.05, 4.69) is 21.1 Å². The maximum atomic E-state index is 8.45. The van der Waals surface area contributed by atoms with Gasteiger partial charge < -0.3 is 15.7 Å². The summed E-state index contributed by atoms with van der Waals surface area (Å²) in [5.41, 5.74) is 5.37. The number of benzene rings is 1. The lowest BCUT2D eigenvalue weighted by atomic mass is 10.3. The molecule has 0 aliphatic rings. The lowest BCUT2D eigenvalue weighted by Crippen LogP contribution is -2.31. The summed E-state index contributed by atoms with van der Waals surface area (Å²) in [7, 11) is 0. The number of amidine groups is 1. The van der Waals surface area contributed by atoms with E-state index in [1.807, 2.05) is 0 Å². The molecule has 1 aromatic carbocycles. The standard InChI is InChI=1S/C9H10BrClN2O2/c1-5(9(12)13-14)15-8-4-6(10)2-3-7(8)11/h2-5,14H,1H3,(H2,12,13). The first-order valence-corrected chi connectivity index (χ1v) is 5.31. The zero-order valence-corrected chi connectivity index (χ0v) is 10.3. The molecule has 0 fully saturated rings. The molecule has 0 radical (unpaired) electrons. The summed E-state index contributed by atoms with van der Waals surface area (Å²) in [6, 6.07) is 5.20. The summed E-state index contributed by atoms with van der Waals surface area (Å²) in [4.78, 5) is 0. The molecular weight excluding hydrogens is 283 g/mol. The molecule has 0 aliphatic heterocycles. The Morgan fingerprint density at radius 1 is 1.67 bits per heavy atom. The number of nitrogens with two attached hydrogens (primary N) is 1. The molecule has 0 saturated carbocycles. The van der Waals surface area contributed by atoms with Crippen molar-refractivity contribution in [2.45, 2.75) is 13.0 Å². The molecule has 1 aromatic rings. The minimum Gasteiger partial charge on any atom is -0.481 e. The smallest absolute Gasteiger partial charge is 0.180 e. The second kappa shape index (κ2) is 5.23. The van der Waals surface area contributed by atoms with Crippen molar-refractivity contribution in [3.63, 3.8) is 0 Å². The Balaban J connectivity index is 2.85. The highest BCUT2D eigenvalue weighted by Crippen LogP contribution is 2.28. The average molecular weight is 294 g/mol. The van der Waals surface area contributed by atoms with Gasteiger partial charge in [-0.2, -0.15) is 0 Å². The molecule has 6 heteroatoms. The van der Waals surface area contributed by atoms with E-state index in [1.54, 1.807) is 25.1 Å². The van der Waals surface area contributed by atoms with Gasteiger partial charge in [0.05, 0.1) is 5.02 Å². The predicted molar refractivity (Wildman–Crippen MR) is 62.7 cm³/mol. The minimum absolute atomic E-state index is 0.00829. The Hall–Kier alpha value is -0.940. The number of halogens is 2. The second-order valence-electron chi connectivity index (χ2n) is 2.86. The first-order valence-electron chi connectivity index (χ1n) is 4.13. The van der Waals surface area contributed by atoms with Gasteiger partial charge in [-0.1, -0.05) is 32.7 Å². The first kappa shape index (κ1) is 12.1. The molecule has 3 N–H and O–H groups in total. The second-order valence-corrected chi connectivity index (χ2v) is 4.18. The van der Waals surface area contributed by atoms with Crippen LogP contribution in [-0.2, 0) is 0 Å². The monoisotopic (exact) mass is 292 g/mol. The van der Waals surface area contributed by atoms with Crippen LogP contribution < -0.4 is 10.5 Å². The third kappa shape index (κ3) is 3.28. The molecule has 1 rings (SSSR count). The Morgan fingerprint density at radius 2 is 2.33 bits per heavy atom. The van der Waals surface area contributed by atoms with Gasteiger partial charge in [-0.05, 0) is 25.1 Å². The van der Waals surface area contributed by atoms with Crippen LogP contribution in [0.1, 0.15) is 6.92 Å². The van der Waals surface area contributed by atoms with Crippen LogP contribution in [0.2, 0.25) is 5.02 Å². The van der Waals surface area contributed by atoms with E-state index in [0.29, 0.717) is 10.8 Å². The highest BCUT2D eigenvalue weighted by Gasteiger charge is 2.11. The molecule has 4 nitrogen and oxygen atoms in total. The summed E-state index contributed by atoms with van der Waals surface area (Å²) in [6.45, 7) is 1.66. The van der Waals surface area contributed by atoms with Crippen LogP contribution in [0.25, 0.3) is 0 Å². The van der Waals surface area contributed by atoms with Crippen LogP contribution in [0, 0.1) is 0 Å². The highest BCUT2D eigenvalue weighted by molar-refractivity contribution is 9.10. The van der Waals surface area contributed by atoms with E-state index in [4.69, 9.17) is 27.3 Å². The third-order valence-corrected chi connectivity index (χ3v) is 2.53. The number of nitrogens with zero attached hydrogens (tertiary/aromatic N) is 1. The van der Waals surface area contributed by atoms with E-state index in [9.17, 15) is 0 Å². The van der Waals surface area contributed by atoms with Crippen molar-refractivity contribution in [2.24, 2.45) is 10.9 Å². The topological polar surface area (TPSA) is 67.8 Å². The van der Waals surface area contributed by atoms with Crippen molar-refractivity contribution in [1.29, 1.82) is 0 Å². The SMILES string of the molecule is CC(Oc1cc(Br)ccc1Cl)C(N)=NO. The molecule has 0 spiro atoms. The zero-order valence-electron chi connectivity index (χ0n) is 7.95. The van der Waals surface area contributed by atoms with E-state index < -0.39 is 6.10 Å². The Bertz CT molecular complexity index is 384.